The van der Waals surface area contributed by atoms with Gasteiger partial charge in [0, 0.05) is 18.5 Å². The van der Waals surface area contributed by atoms with Gasteiger partial charge in [-0.1, -0.05) is 25.8 Å². The van der Waals surface area contributed by atoms with Crippen molar-refractivity contribution < 1.29 is 0 Å². The highest BCUT2D eigenvalue weighted by molar-refractivity contribution is 7.99. The summed E-state index contributed by atoms with van der Waals surface area (Å²) in [7, 11) is 0. The molecule has 0 bridgehead atoms. The average Bonchev–Trinajstić information content (AvgIpc) is 2.91. The molecule has 2 nitrogen and oxygen atoms in total. The van der Waals surface area contributed by atoms with E-state index in [2.05, 4.69) is 29.4 Å². The summed E-state index contributed by atoms with van der Waals surface area (Å²) >= 11 is 1.92. The maximum Gasteiger partial charge on any atom is 0.0960 e. The third kappa shape index (κ3) is 4.62. The molecule has 3 heteroatoms. The number of hydrogen-bond donors (Lipinski definition) is 1. The van der Waals surface area contributed by atoms with Gasteiger partial charge < -0.3 is 5.32 Å². The largest absolute Gasteiger partial charge is 0.313 e. The van der Waals surface area contributed by atoms with Gasteiger partial charge in [-0.25, -0.2) is 4.98 Å². The first-order valence-corrected chi connectivity index (χ1v) is 8.15. The van der Waals surface area contributed by atoms with Crippen LogP contribution >= 0.6 is 11.8 Å². The quantitative estimate of drug-likeness (QED) is 0.598. The predicted molar refractivity (Wildman–Crippen MR) is 78.9 cm³/mol. The molecule has 1 saturated carbocycles. The molecular weight excluding hydrogens is 240 g/mol. The van der Waals surface area contributed by atoms with Crippen LogP contribution in [0.4, 0.5) is 0 Å². The Hall–Kier alpha value is -0.540. The SMILES string of the molecule is CCCNCc1ccc(SCC2CCCC2)nc1. The Morgan fingerprint density at radius 3 is 2.83 bits per heavy atom. The second-order valence-electron chi connectivity index (χ2n) is 5.14. The number of hydrogen-bond acceptors (Lipinski definition) is 3. The Morgan fingerprint density at radius 2 is 2.17 bits per heavy atom. The Bertz CT molecular complexity index is 331. The Kier molecular flexibility index (Phi) is 6.01. The van der Waals surface area contributed by atoms with Gasteiger partial charge in [-0.15, -0.1) is 11.8 Å². The zero-order valence-electron chi connectivity index (χ0n) is 11.3. The van der Waals surface area contributed by atoms with Crippen LogP contribution in [0.3, 0.4) is 0 Å². The molecule has 0 aromatic carbocycles. The van der Waals surface area contributed by atoms with E-state index in [1.807, 2.05) is 18.0 Å². The van der Waals surface area contributed by atoms with E-state index in [4.69, 9.17) is 0 Å². The fraction of sp³-hybridized carbons (Fsp3) is 0.667. The number of pyridine rings is 1. The summed E-state index contributed by atoms with van der Waals surface area (Å²) in [5, 5.41) is 4.58. The lowest BCUT2D eigenvalue weighted by atomic mass is 10.1. The summed E-state index contributed by atoms with van der Waals surface area (Å²) < 4.78 is 0. The van der Waals surface area contributed by atoms with Gasteiger partial charge in [-0.3, -0.25) is 0 Å². The fourth-order valence-electron chi connectivity index (χ4n) is 2.39. The van der Waals surface area contributed by atoms with Crippen molar-refractivity contribution in [3.05, 3.63) is 23.9 Å². The summed E-state index contributed by atoms with van der Waals surface area (Å²) in [6, 6.07) is 4.37. The predicted octanol–water partition coefficient (Wildman–Crippen LogP) is 3.86. The van der Waals surface area contributed by atoms with Gasteiger partial charge >= 0.3 is 0 Å². The number of rotatable bonds is 7. The van der Waals surface area contributed by atoms with E-state index in [1.54, 1.807) is 0 Å². The average molecular weight is 264 g/mol. The Labute approximate surface area is 115 Å². The molecule has 0 spiro atoms. The van der Waals surface area contributed by atoms with E-state index in [9.17, 15) is 0 Å². The van der Waals surface area contributed by atoms with E-state index in [0.29, 0.717) is 0 Å². The van der Waals surface area contributed by atoms with Crippen LogP contribution in [0.25, 0.3) is 0 Å². The van der Waals surface area contributed by atoms with Gasteiger partial charge in [-0.2, -0.15) is 0 Å². The van der Waals surface area contributed by atoms with Gasteiger partial charge in [0.15, 0.2) is 0 Å². The van der Waals surface area contributed by atoms with Gasteiger partial charge in [0.05, 0.1) is 5.03 Å². The molecule has 1 aliphatic rings. The molecular formula is C15H24N2S. The maximum atomic E-state index is 4.54. The minimum Gasteiger partial charge on any atom is -0.313 e. The number of nitrogens with zero attached hydrogens (tertiary/aromatic N) is 1. The minimum absolute atomic E-state index is 0.933. The topological polar surface area (TPSA) is 24.9 Å². The first kappa shape index (κ1) is 13.9. The normalized spacial score (nSPS) is 16.3. The van der Waals surface area contributed by atoms with Crippen LogP contribution in [0.2, 0.25) is 0 Å². The summed E-state index contributed by atoms with van der Waals surface area (Å²) in [5.41, 5.74) is 1.29. The summed E-state index contributed by atoms with van der Waals surface area (Å²) in [4.78, 5) is 4.54. The van der Waals surface area contributed by atoms with Crippen LogP contribution in [0, 0.1) is 5.92 Å². The molecule has 0 saturated heterocycles. The van der Waals surface area contributed by atoms with Crippen molar-refractivity contribution in [3.8, 4) is 0 Å². The molecule has 1 aromatic heterocycles. The molecule has 18 heavy (non-hydrogen) atoms. The molecule has 0 amide bonds. The van der Waals surface area contributed by atoms with Crippen molar-refractivity contribution in [2.45, 2.75) is 50.6 Å². The number of thioether (sulfide) groups is 1. The smallest absolute Gasteiger partial charge is 0.0960 e. The minimum atomic E-state index is 0.933. The van der Waals surface area contributed by atoms with Gasteiger partial charge in [0.2, 0.25) is 0 Å². The van der Waals surface area contributed by atoms with Crippen LogP contribution in [0.15, 0.2) is 23.4 Å². The summed E-state index contributed by atoms with van der Waals surface area (Å²) in [5.74, 6) is 2.18. The second kappa shape index (κ2) is 7.80. The lowest BCUT2D eigenvalue weighted by molar-refractivity contribution is 0.623. The molecule has 0 atom stereocenters. The maximum absolute atomic E-state index is 4.54. The van der Waals surface area contributed by atoms with E-state index >= 15 is 0 Å². The zero-order chi connectivity index (χ0) is 12.6. The number of nitrogens with one attached hydrogen (secondary N) is 1. The van der Waals surface area contributed by atoms with Crippen LogP contribution in [0.1, 0.15) is 44.6 Å². The molecule has 0 radical (unpaired) electrons. The second-order valence-corrected chi connectivity index (χ2v) is 6.18. The van der Waals surface area contributed by atoms with Crippen LogP contribution in [-0.2, 0) is 6.54 Å². The first-order valence-electron chi connectivity index (χ1n) is 7.17. The molecule has 0 aliphatic heterocycles. The van der Waals surface area contributed by atoms with Crippen LogP contribution in [0.5, 0.6) is 0 Å². The monoisotopic (exact) mass is 264 g/mol. The molecule has 1 fully saturated rings. The standard InChI is InChI=1S/C15H24N2S/c1-2-9-16-10-14-7-8-15(17-11-14)18-12-13-5-3-4-6-13/h7-8,11,13,16H,2-6,9-10,12H2,1H3. The fourth-order valence-corrected chi connectivity index (χ4v) is 3.42. The van der Waals surface area contributed by atoms with Crippen molar-refractivity contribution in [1.82, 2.24) is 10.3 Å². The molecule has 1 N–H and O–H groups in total. The van der Waals surface area contributed by atoms with Crippen LogP contribution in [-0.4, -0.2) is 17.3 Å². The van der Waals surface area contributed by atoms with Gasteiger partial charge in [-0.05, 0) is 43.4 Å². The van der Waals surface area contributed by atoms with Gasteiger partial charge in [0.25, 0.3) is 0 Å². The van der Waals surface area contributed by atoms with Crippen molar-refractivity contribution in [2.24, 2.45) is 5.92 Å². The summed E-state index contributed by atoms with van der Waals surface area (Å²) in [6.45, 7) is 4.21. The molecule has 2 rings (SSSR count). The highest BCUT2D eigenvalue weighted by atomic mass is 32.2. The molecule has 1 aliphatic carbocycles. The van der Waals surface area contributed by atoms with E-state index < -0.39 is 0 Å². The van der Waals surface area contributed by atoms with Crippen molar-refractivity contribution >= 4 is 11.8 Å². The van der Waals surface area contributed by atoms with Crippen molar-refractivity contribution in [1.29, 1.82) is 0 Å². The van der Waals surface area contributed by atoms with Crippen LogP contribution < -0.4 is 5.32 Å². The zero-order valence-corrected chi connectivity index (χ0v) is 12.1. The van der Waals surface area contributed by atoms with Crippen molar-refractivity contribution in [3.63, 3.8) is 0 Å². The molecule has 1 heterocycles. The molecule has 100 valence electrons. The molecule has 1 aromatic rings. The third-order valence-corrected chi connectivity index (χ3v) is 4.67. The lowest BCUT2D eigenvalue weighted by Crippen LogP contribution is -2.13. The summed E-state index contributed by atoms with van der Waals surface area (Å²) in [6.07, 6.45) is 8.90. The molecule has 0 unspecified atom stereocenters. The third-order valence-electron chi connectivity index (χ3n) is 3.50. The lowest BCUT2D eigenvalue weighted by Gasteiger charge is -2.08. The number of aromatic nitrogens is 1. The van der Waals surface area contributed by atoms with E-state index in [0.717, 1.165) is 19.0 Å². The van der Waals surface area contributed by atoms with Crippen molar-refractivity contribution in [2.75, 3.05) is 12.3 Å². The van der Waals surface area contributed by atoms with E-state index in [1.165, 1.54) is 48.4 Å². The van der Waals surface area contributed by atoms with E-state index in [-0.39, 0.29) is 0 Å². The first-order chi connectivity index (χ1) is 8.88. The highest BCUT2D eigenvalue weighted by Crippen LogP contribution is 2.30. The van der Waals surface area contributed by atoms with Gasteiger partial charge in [0.1, 0.15) is 0 Å². The Balaban J connectivity index is 1.72. The highest BCUT2D eigenvalue weighted by Gasteiger charge is 2.15. The Morgan fingerprint density at radius 1 is 1.33 bits per heavy atom.